The predicted octanol–water partition coefficient (Wildman–Crippen LogP) is 4.72. The molecule has 2 aromatic carbocycles. The van der Waals surface area contributed by atoms with Crippen molar-refractivity contribution in [2.24, 2.45) is 5.41 Å². The SMILES string of the molecule is C=C1C(=O)c2cc(CC(=O)C(C)(C)C)ccc2-c2ccccc21. The number of benzene rings is 2. The first-order valence-corrected chi connectivity index (χ1v) is 7.78. The number of hydrogen-bond donors (Lipinski definition) is 0. The van der Waals surface area contributed by atoms with Crippen LogP contribution in [0.15, 0.2) is 49.0 Å². The molecule has 0 N–H and O–H groups in total. The minimum atomic E-state index is -0.379. The van der Waals surface area contributed by atoms with E-state index in [4.69, 9.17) is 0 Å². The molecular weight excluding hydrogens is 284 g/mol. The minimum absolute atomic E-state index is 0.0521. The van der Waals surface area contributed by atoms with Crippen molar-refractivity contribution in [1.29, 1.82) is 0 Å². The highest BCUT2D eigenvalue weighted by atomic mass is 16.1. The third-order valence-corrected chi connectivity index (χ3v) is 4.35. The van der Waals surface area contributed by atoms with Gasteiger partial charge in [0.1, 0.15) is 5.78 Å². The van der Waals surface area contributed by atoms with E-state index in [1.165, 1.54) is 0 Å². The summed E-state index contributed by atoms with van der Waals surface area (Å²) in [5.41, 5.74) is 4.51. The Morgan fingerprint density at radius 1 is 0.957 bits per heavy atom. The maximum Gasteiger partial charge on any atom is 0.193 e. The van der Waals surface area contributed by atoms with Crippen molar-refractivity contribution in [1.82, 2.24) is 0 Å². The van der Waals surface area contributed by atoms with Crippen molar-refractivity contribution in [2.75, 3.05) is 0 Å². The van der Waals surface area contributed by atoms with Crippen LogP contribution in [0.3, 0.4) is 0 Å². The molecule has 3 rings (SSSR count). The second-order valence-electron chi connectivity index (χ2n) is 7.08. The summed E-state index contributed by atoms with van der Waals surface area (Å²) in [6, 6.07) is 13.6. The van der Waals surface area contributed by atoms with Gasteiger partial charge < -0.3 is 0 Å². The van der Waals surface area contributed by atoms with E-state index in [9.17, 15) is 9.59 Å². The molecule has 0 bridgehead atoms. The molecule has 0 amide bonds. The van der Waals surface area contributed by atoms with Gasteiger partial charge in [0.15, 0.2) is 5.78 Å². The molecule has 0 heterocycles. The van der Waals surface area contributed by atoms with Crippen LogP contribution in [0.4, 0.5) is 0 Å². The van der Waals surface area contributed by atoms with Crippen LogP contribution in [0, 0.1) is 5.41 Å². The van der Waals surface area contributed by atoms with Gasteiger partial charge in [0.2, 0.25) is 0 Å². The fraction of sp³-hybridized carbons (Fsp3) is 0.238. The number of rotatable bonds is 2. The third kappa shape index (κ3) is 2.65. The number of carbonyl (C=O) groups excluding carboxylic acids is 2. The zero-order chi connectivity index (χ0) is 16.8. The van der Waals surface area contributed by atoms with Crippen LogP contribution < -0.4 is 0 Å². The van der Waals surface area contributed by atoms with Gasteiger partial charge in [-0.05, 0) is 28.3 Å². The van der Waals surface area contributed by atoms with E-state index in [-0.39, 0.29) is 17.0 Å². The lowest BCUT2D eigenvalue weighted by atomic mass is 9.80. The fourth-order valence-electron chi connectivity index (χ4n) is 2.84. The smallest absolute Gasteiger partial charge is 0.193 e. The maximum absolute atomic E-state index is 12.6. The molecule has 0 fully saturated rings. The summed E-state index contributed by atoms with van der Waals surface area (Å²) in [5.74, 6) is 0.115. The zero-order valence-electron chi connectivity index (χ0n) is 13.8. The van der Waals surface area contributed by atoms with Gasteiger partial charge in [-0.2, -0.15) is 0 Å². The number of fused-ring (bicyclic) bond motifs is 3. The molecule has 1 aliphatic carbocycles. The van der Waals surface area contributed by atoms with Crippen molar-refractivity contribution in [3.8, 4) is 11.1 Å². The van der Waals surface area contributed by atoms with E-state index in [1.54, 1.807) is 0 Å². The molecule has 1 aliphatic rings. The van der Waals surface area contributed by atoms with E-state index in [0.29, 0.717) is 17.6 Å². The first kappa shape index (κ1) is 15.4. The van der Waals surface area contributed by atoms with E-state index >= 15 is 0 Å². The number of hydrogen-bond acceptors (Lipinski definition) is 2. The molecule has 2 nitrogen and oxygen atoms in total. The third-order valence-electron chi connectivity index (χ3n) is 4.35. The van der Waals surface area contributed by atoms with Crippen molar-refractivity contribution in [3.05, 3.63) is 65.7 Å². The summed E-state index contributed by atoms with van der Waals surface area (Å²) < 4.78 is 0. The lowest BCUT2D eigenvalue weighted by Crippen LogP contribution is -2.22. The quantitative estimate of drug-likeness (QED) is 0.752. The largest absolute Gasteiger partial charge is 0.299 e. The number of ketones is 2. The standard InChI is InChI=1S/C21H20O2/c1-13-15-7-5-6-8-16(15)17-10-9-14(11-18(17)20(13)23)12-19(22)21(2,3)4/h5-11H,1,12H2,2-4H3. The Kier molecular flexibility index (Phi) is 3.56. The zero-order valence-corrected chi connectivity index (χ0v) is 13.8. The average molecular weight is 304 g/mol. The molecular formula is C21H20O2. The van der Waals surface area contributed by atoms with Crippen molar-refractivity contribution in [3.63, 3.8) is 0 Å². The predicted molar refractivity (Wildman–Crippen MR) is 93.4 cm³/mol. The molecule has 2 heteroatoms. The number of carbonyl (C=O) groups is 2. The number of allylic oxidation sites excluding steroid dienone is 1. The van der Waals surface area contributed by atoms with Gasteiger partial charge in [-0.3, -0.25) is 9.59 Å². The highest BCUT2D eigenvalue weighted by Crippen LogP contribution is 2.38. The van der Waals surface area contributed by atoms with Gasteiger partial charge in [-0.15, -0.1) is 0 Å². The second-order valence-corrected chi connectivity index (χ2v) is 7.08. The molecule has 0 unspecified atom stereocenters. The monoisotopic (exact) mass is 304 g/mol. The average Bonchev–Trinajstić information content (AvgIpc) is 2.51. The van der Waals surface area contributed by atoms with Crippen molar-refractivity contribution in [2.45, 2.75) is 27.2 Å². The Balaban J connectivity index is 2.06. The topological polar surface area (TPSA) is 34.1 Å². The van der Waals surface area contributed by atoms with Crippen LogP contribution >= 0.6 is 0 Å². The van der Waals surface area contributed by atoms with Gasteiger partial charge in [0.05, 0.1) is 0 Å². The Morgan fingerprint density at radius 3 is 2.22 bits per heavy atom. The summed E-state index contributed by atoms with van der Waals surface area (Å²) in [7, 11) is 0. The Labute approximate surface area is 136 Å². The van der Waals surface area contributed by atoms with Gasteiger partial charge in [-0.25, -0.2) is 0 Å². The summed E-state index contributed by atoms with van der Waals surface area (Å²) in [6.45, 7) is 9.69. The van der Waals surface area contributed by atoms with Gasteiger partial charge in [0.25, 0.3) is 0 Å². The lowest BCUT2D eigenvalue weighted by Gasteiger charge is -2.22. The molecule has 116 valence electrons. The van der Waals surface area contributed by atoms with E-state index in [1.807, 2.05) is 63.2 Å². The maximum atomic E-state index is 12.6. The van der Waals surface area contributed by atoms with E-state index in [2.05, 4.69) is 6.58 Å². The Hall–Kier alpha value is -2.48. The van der Waals surface area contributed by atoms with Crippen molar-refractivity contribution >= 4 is 17.1 Å². The lowest BCUT2D eigenvalue weighted by molar-refractivity contribution is -0.125. The molecule has 2 aromatic rings. The molecule has 0 saturated carbocycles. The number of Topliss-reactive ketones (excluding diaryl/α,β-unsaturated/α-hetero) is 2. The summed E-state index contributed by atoms with van der Waals surface area (Å²) in [4.78, 5) is 24.9. The molecule has 0 spiro atoms. The van der Waals surface area contributed by atoms with Gasteiger partial charge in [0, 0.05) is 23.0 Å². The van der Waals surface area contributed by atoms with Gasteiger partial charge >= 0.3 is 0 Å². The van der Waals surface area contributed by atoms with Crippen LogP contribution in [0.5, 0.6) is 0 Å². The minimum Gasteiger partial charge on any atom is -0.299 e. The van der Waals surface area contributed by atoms with Crippen LogP contribution in [-0.4, -0.2) is 11.6 Å². The van der Waals surface area contributed by atoms with Crippen LogP contribution in [-0.2, 0) is 11.2 Å². The fourth-order valence-corrected chi connectivity index (χ4v) is 2.84. The highest BCUT2D eigenvalue weighted by Gasteiger charge is 2.27. The summed E-state index contributed by atoms with van der Waals surface area (Å²) in [5, 5.41) is 0. The van der Waals surface area contributed by atoms with Crippen molar-refractivity contribution < 1.29 is 9.59 Å². The molecule has 0 saturated heterocycles. The van der Waals surface area contributed by atoms with Crippen LogP contribution in [0.1, 0.15) is 42.3 Å². The molecule has 0 radical (unpaired) electrons. The Bertz CT molecular complexity index is 835. The van der Waals surface area contributed by atoms with Gasteiger partial charge in [-0.1, -0.05) is 63.7 Å². The normalized spacial score (nSPS) is 13.5. The first-order valence-electron chi connectivity index (χ1n) is 7.78. The van der Waals surface area contributed by atoms with E-state index < -0.39 is 0 Å². The molecule has 0 aliphatic heterocycles. The Morgan fingerprint density at radius 2 is 1.57 bits per heavy atom. The molecule has 0 aromatic heterocycles. The molecule has 23 heavy (non-hydrogen) atoms. The highest BCUT2D eigenvalue weighted by molar-refractivity contribution is 6.33. The first-order chi connectivity index (χ1) is 10.8. The second kappa shape index (κ2) is 5.31. The van der Waals surface area contributed by atoms with Crippen LogP contribution in [0.2, 0.25) is 0 Å². The summed E-state index contributed by atoms with van der Waals surface area (Å²) >= 11 is 0. The van der Waals surface area contributed by atoms with E-state index in [0.717, 1.165) is 22.3 Å². The van der Waals surface area contributed by atoms with Crippen LogP contribution in [0.25, 0.3) is 16.7 Å². The summed E-state index contributed by atoms with van der Waals surface area (Å²) in [6.07, 6.45) is 0.345. The molecule has 0 atom stereocenters.